The quantitative estimate of drug-likeness (QED) is 0.679. The maximum absolute atomic E-state index is 6.01. The van der Waals surface area contributed by atoms with E-state index in [2.05, 4.69) is 4.98 Å². The van der Waals surface area contributed by atoms with Crippen LogP contribution in [-0.2, 0) is 7.05 Å². The van der Waals surface area contributed by atoms with Crippen molar-refractivity contribution in [2.45, 2.75) is 0 Å². The molecule has 2 N–H and O–H groups in total. The maximum atomic E-state index is 6.01. The first kappa shape index (κ1) is 11.1. The molecule has 0 spiro atoms. The van der Waals surface area contributed by atoms with Gasteiger partial charge in [0.1, 0.15) is 5.82 Å². The molecule has 0 unspecified atom stereocenters. The van der Waals surface area contributed by atoms with Crippen LogP contribution in [0.2, 0.25) is 5.02 Å². The third kappa shape index (κ3) is 1.73. The molecule has 18 heavy (non-hydrogen) atoms. The molecule has 2 aromatic carbocycles. The average molecular weight is 258 g/mol. The minimum atomic E-state index is 0.717. The molecule has 0 bridgehead atoms. The summed E-state index contributed by atoms with van der Waals surface area (Å²) in [4.78, 5) is 4.62. The number of nitrogens with two attached hydrogens (primary N) is 1. The lowest BCUT2D eigenvalue weighted by molar-refractivity contribution is 0.959. The predicted molar refractivity (Wildman–Crippen MR) is 75.6 cm³/mol. The molecular weight excluding hydrogens is 246 g/mol. The van der Waals surface area contributed by atoms with Crippen molar-refractivity contribution in [1.29, 1.82) is 0 Å². The van der Waals surface area contributed by atoms with Crippen LogP contribution >= 0.6 is 11.6 Å². The fourth-order valence-electron chi connectivity index (χ4n) is 2.05. The summed E-state index contributed by atoms with van der Waals surface area (Å²) in [7, 11) is 1.98. The Bertz CT molecular complexity index is 714. The molecule has 1 aromatic heterocycles. The average Bonchev–Trinajstić information content (AvgIpc) is 2.68. The van der Waals surface area contributed by atoms with E-state index in [4.69, 9.17) is 17.3 Å². The monoisotopic (exact) mass is 257 g/mol. The topological polar surface area (TPSA) is 43.8 Å². The summed E-state index contributed by atoms with van der Waals surface area (Å²) < 4.78 is 2.03. The smallest absolute Gasteiger partial charge is 0.140 e. The molecule has 0 aliphatic rings. The van der Waals surface area contributed by atoms with E-state index in [1.807, 2.05) is 54.1 Å². The van der Waals surface area contributed by atoms with E-state index in [-0.39, 0.29) is 0 Å². The fourth-order valence-corrected chi connectivity index (χ4v) is 2.22. The minimum absolute atomic E-state index is 0.717. The van der Waals surface area contributed by atoms with Crippen molar-refractivity contribution in [3.63, 3.8) is 0 Å². The maximum Gasteiger partial charge on any atom is 0.140 e. The van der Waals surface area contributed by atoms with Gasteiger partial charge in [0.25, 0.3) is 0 Å². The lowest BCUT2D eigenvalue weighted by Gasteiger charge is -2.02. The van der Waals surface area contributed by atoms with Gasteiger partial charge in [0, 0.05) is 23.3 Å². The van der Waals surface area contributed by atoms with Crippen LogP contribution < -0.4 is 5.73 Å². The predicted octanol–water partition coefficient (Wildman–Crippen LogP) is 3.48. The molecule has 0 aliphatic heterocycles. The lowest BCUT2D eigenvalue weighted by Crippen LogP contribution is -1.92. The highest BCUT2D eigenvalue weighted by atomic mass is 35.5. The fraction of sp³-hybridized carbons (Fsp3) is 0.0714. The van der Waals surface area contributed by atoms with Crippen LogP contribution in [0.25, 0.3) is 22.4 Å². The largest absolute Gasteiger partial charge is 0.399 e. The lowest BCUT2D eigenvalue weighted by atomic mass is 10.2. The molecule has 90 valence electrons. The molecule has 3 aromatic rings. The Balaban J connectivity index is 2.23. The number of nitrogen functional groups attached to an aromatic ring is 1. The highest BCUT2D eigenvalue weighted by Gasteiger charge is 2.09. The first-order valence-corrected chi connectivity index (χ1v) is 6.01. The molecule has 4 heteroatoms. The number of hydrogen-bond donors (Lipinski definition) is 1. The van der Waals surface area contributed by atoms with Crippen LogP contribution in [0.5, 0.6) is 0 Å². The summed E-state index contributed by atoms with van der Waals surface area (Å²) in [5.41, 5.74) is 9.45. The van der Waals surface area contributed by atoms with Crippen molar-refractivity contribution >= 4 is 28.3 Å². The Kier molecular flexibility index (Phi) is 2.49. The van der Waals surface area contributed by atoms with E-state index in [0.717, 1.165) is 28.1 Å². The zero-order valence-electron chi connectivity index (χ0n) is 9.89. The zero-order valence-corrected chi connectivity index (χ0v) is 10.6. The third-order valence-electron chi connectivity index (χ3n) is 3.01. The van der Waals surface area contributed by atoms with E-state index in [0.29, 0.717) is 5.02 Å². The number of benzene rings is 2. The van der Waals surface area contributed by atoms with Gasteiger partial charge in [-0.25, -0.2) is 4.98 Å². The van der Waals surface area contributed by atoms with Gasteiger partial charge in [-0.15, -0.1) is 0 Å². The molecule has 3 rings (SSSR count). The first-order valence-electron chi connectivity index (χ1n) is 5.63. The Labute approximate surface area is 110 Å². The van der Waals surface area contributed by atoms with Crippen LogP contribution in [-0.4, -0.2) is 9.55 Å². The normalized spacial score (nSPS) is 11.0. The van der Waals surface area contributed by atoms with Gasteiger partial charge in [0.05, 0.1) is 11.0 Å². The highest BCUT2D eigenvalue weighted by Crippen LogP contribution is 2.26. The summed E-state index contributed by atoms with van der Waals surface area (Å²) in [5.74, 6) is 0.910. The molecule has 0 radical (unpaired) electrons. The van der Waals surface area contributed by atoms with Crippen LogP contribution in [0.15, 0.2) is 42.5 Å². The minimum Gasteiger partial charge on any atom is -0.399 e. The van der Waals surface area contributed by atoms with Crippen molar-refractivity contribution in [1.82, 2.24) is 9.55 Å². The SMILES string of the molecule is Cn1c(-c2ccc(N)cc2)nc2ccc(Cl)cc21. The van der Waals surface area contributed by atoms with E-state index in [1.54, 1.807) is 0 Å². The highest BCUT2D eigenvalue weighted by molar-refractivity contribution is 6.31. The summed E-state index contributed by atoms with van der Waals surface area (Å²) in [6.45, 7) is 0. The van der Waals surface area contributed by atoms with Crippen molar-refractivity contribution in [2.75, 3.05) is 5.73 Å². The van der Waals surface area contributed by atoms with Gasteiger partial charge >= 0.3 is 0 Å². The molecule has 1 heterocycles. The number of halogens is 1. The number of imidazole rings is 1. The van der Waals surface area contributed by atoms with Gasteiger partial charge in [0.15, 0.2) is 0 Å². The summed E-state index contributed by atoms with van der Waals surface area (Å²) in [6.07, 6.45) is 0. The number of fused-ring (bicyclic) bond motifs is 1. The third-order valence-corrected chi connectivity index (χ3v) is 3.25. The van der Waals surface area contributed by atoms with Crippen LogP contribution in [0, 0.1) is 0 Å². The van der Waals surface area contributed by atoms with E-state index >= 15 is 0 Å². The Morgan fingerprint density at radius 3 is 2.56 bits per heavy atom. The van der Waals surface area contributed by atoms with Crippen molar-refractivity contribution < 1.29 is 0 Å². The van der Waals surface area contributed by atoms with Gasteiger partial charge in [-0.1, -0.05) is 11.6 Å². The zero-order chi connectivity index (χ0) is 12.7. The van der Waals surface area contributed by atoms with Gasteiger partial charge in [-0.05, 0) is 42.5 Å². The van der Waals surface area contributed by atoms with Crippen molar-refractivity contribution in [2.24, 2.45) is 7.05 Å². The summed E-state index contributed by atoms with van der Waals surface area (Å²) in [6, 6.07) is 13.4. The Morgan fingerprint density at radius 2 is 1.83 bits per heavy atom. The van der Waals surface area contributed by atoms with Crippen LogP contribution in [0.3, 0.4) is 0 Å². The molecule has 0 aliphatic carbocycles. The number of hydrogen-bond acceptors (Lipinski definition) is 2. The van der Waals surface area contributed by atoms with Crippen molar-refractivity contribution in [3.8, 4) is 11.4 Å². The molecule has 0 amide bonds. The van der Waals surface area contributed by atoms with E-state index < -0.39 is 0 Å². The Hall–Kier alpha value is -2.00. The first-order chi connectivity index (χ1) is 8.65. The molecule has 3 nitrogen and oxygen atoms in total. The van der Waals surface area contributed by atoms with E-state index in [1.165, 1.54) is 0 Å². The molecule has 0 saturated carbocycles. The van der Waals surface area contributed by atoms with Crippen molar-refractivity contribution in [3.05, 3.63) is 47.5 Å². The van der Waals surface area contributed by atoms with Gasteiger partial charge in [0.2, 0.25) is 0 Å². The summed E-state index contributed by atoms with van der Waals surface area (Å²) in [5, 5.41) is 0.717. The second-order valence-electron chi connectivity index (χ2n) is 4.25. The molecule has 0 saturated heterocycles. The number of aryl methyl sites for hydroxylation is 1. The van der Waals surface area contributed by atoms with Gasteiger partial charge < -0.3 is 10.3 Å². The number of nitrogens with zero attached hydrogens (tertiary/aromatic N) is 2. The van der Waals surface area contributed by atoms with Crippen LogP contribution in [0.4, 0.5) is 5.69 Å². The molecule has 0 fully saturated rings. The Morgan fingerprint density at radius 1 is 1.11 bits per heavy atom. The second-order valence-corrected chi connectivity index (χ2v) is 4.69. The standard InChI is InChI=1S/C14H12ClN3/c1-18-13-8-10(15)4-7-12(13)17-14(18)9-2-5-11(16)6-3-9/h2-8H,16H2,1H3. The number of aromatic nitrogens is 2. The van der Waals surface area contributed by atoms with Gasteiger partial charge in [-0.2, -0.15) is 0 Å². The second kappa shape index (κ2) is 4.03. The molecular formula is C14H12ClN3. The van der Waals surface area contributed by atoms with E-state index in [9.17, 15) is 0 Å². The molecule has 0 atom stereocenters. The van der Waals surface area contributed by atoms with Crippen LogP contribution in [0.1, 0.15) is 0 Å². The van der Waals surface area contributed by atoms with Gasteiger partial charge in [-0.3, -0.25) is 0 Å². The summed E-state index contributed by atoms with van der Waals surface area (Å²) >= 11 is 6.01. The number of rotatable bonds is 1. The number of anilines is 1.